The summed E-state index contributed by atoms with van der Waals surface area (Å²) in [5, 5.41) is 0. The second-order valence-corrected chi connectivity index (χ2v) is 15.2. The standard InChI is InChI=1S/C31H50O4P2/c1-28(2,3)22-14-16-26(24(20-22)30(7,8)9)34-36-32-18-13-19-33-37-35-27-17-15-23(29(4,5)6)21-25(27)31(10,11)12/h14-17,20-21,36-37H,13,18-19H2,1-12H3. The average Bonchev–Trinajstić information content (AvgIpc) is 2.75. The van der Waals surface area contributed by atoms with Gasteiger partial charge in [0.25, 0.3) is 0 Å². The highest BCUT2D eigenvalue weighted by atomic mass is 31.1. The number of benzene rings is 2. The Labute approximate surface area is 230 Å². The van der Waals surface area contributed by atoms with Gasteiger partial charge >= 0.3 is 0 Å². The fourth-order valence-electron chi connectivity index (χ4n) is 3.78. The van der Waals surface area contributed by atoms with Crippen LogP contribution in [0.5, 0.6) is 11.5 Å². The molecule has 4 nitrogen and oxygen atoms in total. The molecule has 0 radical (unpaired) electrons. The van der Waals surface area contributed by atoms with Gasteiger partial charge in [0.15, 0.2) is 0 Å². The van der Waals surface area contributed by atoms with Gasteiger partial charge in [-0.15, -0.1) is 0 Å². The summed E-state index contributed by atoms with van der Waals surface area (Å²) in [5.41, 5.74) is 5.25. The molecule has 0 aliphatic heterocycles. The molecule has 0 saturated heterocycles. The summed E-state index contributed by atoms with van der Waals surface area (Å²) in [6.45, 7) is 27.9. The molecular formula is C31H50O4P2. The average molecular weight is 549 g/mol. The molecule has 0 N–H and O–H groups in total. The van der Waals surface area contributed by atoms with E-state index in [9.17, 15) is 0 Å². The fraction of sp³-hybridized carbons (Fsp3) is 0.613. The van der Waals surface area contributed by atoms with E-state index in [1.54, 1.807) is 0 Å². The van der Waals surface area contributed by atoms with Crippen molar-refractivity contribution in [3.05, 3.63) is 58.7 Å². The summed E-state index contributed by atoms with van der Waals surface area (Å²) >= 11 is 0. The molecule has 208 valence electrons. The van der Waals surface area contributed by atoms with Crippen LogP contribution in [0.2, 0.25) is 0 Å². The van der Waals surface area contributed by atoms with E-state index in [1.807, 2.05) is 0 Å². The summed E-state index contributed by atoms with van der Waals surface area (Å²) in [7, 11) is -0.0814. The van der Waals surface area contributed by atoms with Gasteiger partial charge in [0.1, 0.15) is 11.5 Å². The van der Waals surface area contributed by atoms with Gasteiger partial charge in [-0.2, -0.15) is 0 Å². The Bertz CT molecular complexity index is 924. The Morgan fingerprint density at radius 1 is 0.514 bits per heavy atom. The third-order valence-electron chi connectivity index (χ3n) is 6.22. The quantitative estimate of drug-likeness (QED) is 0.219. The predicted octanol–water partition coefficient (Wildman–Crippen LogP) is 9.77. The number of rotatable bonds is 10. The topological polar surface area (TPSA) is 36.9 Å². The monoisotopic (exact) mass is 548 g/mol. The molecule has 0 aliphatic carbocycles. The maximum atomic E-state index is 6.04. The normalized spacial score (nSPS) is 13.7. The highest BCUT2D eigenvalue weighted by Gasteiger charge is 2.24. The van der Waals surface area contributed by atoms with E-state index in [2.05, 4.69) is 119 Å². The van der Waals surface area contributed by atoms with E-state index in [0.717, 1.165) is 17.9 Å². The first-order valence-electron chi connectivity index (χ1n) is 13.3. The minimum atomic E-state index is -0.0407. The second-order valence-electron chi connectivity index (χ2n) is 13.8. The number of hydrogen-bond donors (Lipinski definition) is 0. The molecule has 2 unspecified atom stereocenters. The molecule has 0 spiro atoms. The van der Waals surface area contributed by atoms with Crippen molar-refractivity contribution in [3.8, 4) is 11.5 Å². The maximum Gasteiger partial charge on any atom is 0.215 e. The molecule has 37 heavy (non-hydrogen) atoms. The van der Waals surface area contributed by atoms with Gasteiger partial charge < -0.3 is 18.1 Å². The summed E-state index contributed by atoms with van der Waals surface area (Å²) in [6.07, 6.45) is 0.789. The van der Waals surface area contributed by atoms with E-state index in [1.165, 1.54) is 22.3 Å². The molecule has 0 aliphatic rings. The van der Waals surface area contributed by atoms with E-state index in [0.29, 0.717) is 13.2 Å². The smallest absolute Gasteiger partial charge is 0.215 e. The van der Waals surface area contributed by atoms with Crippen LogP contribution in [0, 0.1) is 0 Å². The van der Waals surface area contributed by atoms with Crippen molar-refractivity contribution in [2.45, 2.75) is 111 Å². The third-order valence-corrected chi connectivity index (χ3v) is 7.47. The first-order chi connectivity index (χ1) is 16.9. The highest BCUT2D eigenvalue weighted by Crippen LogP contribution is 2.39. The molecule has 0 amide bonds. The maximum absolute atomic E-state index is 6.04. The second kappa shape index (κ2) is 12.8. The lowest BCUT2D eigenvalue weighted by atomic mass is 9.80. The van der Waals surface area contributed by atoms with Gasteiger partial charge in [-0.1, -0.05) is 107 Å². The molecule has 2 aromatic carbocycles. The molecule has 0 fully saturated rings. The van der Waals surface area contributed by atoms with Crippen molar-refractivity contribution >= 4 is 18.1 Å². The van der Waals surface area contributed by atoms with Gasteiger partial charge in [0.2, 0.25) is 18.1 Å². The summed E-state index contributed by atoms with van der Waals surface area (Å²) in [4.78, 5) is 0. The first kappa shape index (κ1) is 32.0. The molecule has 0 bridgehead atoms. The molecule has 2 rings (SSSR count). The van der Waals surface area contributed by atoms with Crippen molar-refractivity contribution < 1.29 is 18.1 Å². The minimum absolute atomic E-state index is 0.00421. The Morgan fingerprint density at radius 2 is 0.865 bits per heavy atom. The van der Waals surface area contributed by atoms with Crippen LogP contribution in [0.1, 0.15) is 112 Å². The van der Waals surface area contributed by atoms with Crippen LogP contribution in [0.15, 0.2) is 36.4 Å². The summed E-state index contributed by atoms with van der Waals surface area (Å²) in [6, 6.07) is 13.0. The van der Waals surface area contributed by atoms with Crippen molar-refractivity contribution in [3.63, 3.8) is 0 Å². The van der Waals surface area contributed by atoms with E-state index in [-0.39, 0.29) is 39.7 Å². The Balaban J connectivity index is 1.78. The van der Waals surface area contributed by atoms with Crippen molar-refractivity contribution in [1.82, 2.24) is 0 Å². The zero-order valence-corrected chi connectivity index (χ0v) is 27.2. The highest BCUT2D eigenvalue weighted by molar-refractivity contribution is 7.27. The molecule has 2 aromatic rings. The molecule has 6 heteroatoms. The zero-order valence-electron chi connectivity index (χ0n) is 25.2. The van der Waals surface area contributed by atoms with E-state index >= 15 is 0 Å². The van der Waals surface area contributed by atoms with E-state index < -0.39 is 0 Å². The fourth-order valence-corrected chi connectivity index (χ4v) is 4.89. The van der Waals surface area contributed by atoms with Crippen molar-refractivity contribution in [1.29, 1.82) is 0 Å². The summed E-state index contributed by atoms with van der Waals surface area (Å²) in [5.74, 6) is 1.80. The van der Waals surface area contributed by atoms with E-state index in [4.69, 9.17) is 18.1 Å². The number of hydrogen-bond acceptors (Lipinski definition) is 4. The van der Waals surface area contributed by atoms with Crippen LogP contribution in [-0.2, 0) is 30.7 Å². The first-order valence-corrected chi connectivity index (χ1v) is 14.9. The minimum Gasteiger partial charge on any atom is -0.449 e. The molecule has 0 saturated carbocycles. The van der Waals surface area contributed by atoms with Gasteiger partial charge in [-0.3, -0.25) is 0 Å². The Kier molecular flexibility index (Phi) is 11.1. The lowest BCUT2D eigenvalue weighted by Gasteiger charge is -2.27. The summed E-state index contributed by atoms with van der Waals surface area (Å²) < 4.78 is 23.6. The van der Waals surface area contributed by atoms with Crippen LogP contribution in [-0.4, -0.2) is 13.2 Å². The van der Waals surface area contributed by atoms with Gasteiger partial charge in [0, 0.05) is 11.1 Å². The van der Waals surface area contributed by atoms with Crippen molar-refractivity contribution in [2.75, 3.05) is 13.2 Å². The van der Waals surface area contributed by atoms with Gasteiger partial charge in [-0.25, -0.2) is 0 Å². The molecule has 2 atom stereocenters. The van der Waals surface area contributed by atoms with Crippen LogP contribution in [0.3, 0.4) is 0 Å². The van der Waals surface area contributed by atoms with Crippen LogP contribution < -0.4 is 9.05 Å². The predicted molar refractivity (Wildman–Crippen MR) is 162 cm³/mol. The zero-order chi connectivity index (χ0) is 28.1. The SMILES string of the molecule is CC(C)(C)c1ccc(OPOCCCOPOc2ccc(C(C)(C)C)cc2C(C)(C)C)c(C(C)(C)C)c1. The van der Waals surface area contributed by atoms with Gasteiger partial charge in [-0.05, 0) is 51.3 Å². The van der Waals surface area contributed by atoms with Crippen molar-refractivity contribution in [2.24, 2.45) is 0 Å². The van der Waals surface area contributed by atoms with Gasteiger partial charge in [0.05, 0.1) is 13.2 Å². The Hall–Kier alpha value is -1.18. The molecular weight excluding hydrogens is 498 g/mol. The van der Waals surface area contributed by atoms with Crippen LogP contribution in [0.4, 0.5) is 0 Å². The molecule has 0 aromatic heterocycles. The molecule has 0 heterocycles. The largest absolute Gasteiger partial charge is 0.449 e. The third kappa shape index (κ3) is 10.1. The Morgan fingerprint density at radius 3 is 1.16 bits per heavy atom. The van der Waals surface area contributed by atoms with Crippen LogP contribution in [0.25, 0.3) is 0 Å². The lowest BCUT2D eigenvalue weighted by Crippen LogP contribution is -2.17. The van der Waals surface area contributed by atoms with Crippen LogP contribution >= 0.6 is 18.1 Å². The lowest BCUT2D eigenvalue weighted by molar-refractivity contribution is 0.261.